The molecule has 1 aliphatic heterocycles. The van der Waals surface area contributed by atoms with Gasteiger partial charge >= 0.3 is 6.18 Å². The van der Waals surface area contributed by atoms with Gasteiger partial charge in [0.15, 0.2) is 0 Å². The summed E-state index contributed by atoms with van der Waals surface area (Å²) in [5, 5.41) is 3.15. The summed E-state index contributed by atoms with van der Waals surface area (Å²) in [6, 6.07) is 2.46. The van der Waals surface area contributed by atoms with Gasteiger partial charge in [0, 0.05) is 32.2 Å². The molecule has 0 unspecified atom stereocenters. The molecule has 0 aliphatic carbocycles. The largest absolute Gasteiger partial charge is 0.419 e. The third-order valence-corrected chi connectivity index (χ3v) is 3.66. The molecule has 1 N–H and O–H groups in total. The fraction of sp³-hybridized carbons (Fsp3) is 0.571. The first kappa shape index (κ1) is 19.1. The highest BCUT2D eigenvalue weighted by Crippen LogP contribution is 2.34. The lowest BCUT2D eigenvalue weighted by atomic mass is 9.99. The average Bonchev–Trinajstić information content (AvgIpc) is 2.44. The van der Waals surface area contributed by atoms with Crippen molar-refractivity contribution in [2.24, 2.45) is 0 Å². The van der Waals surface area contributed by atoms with Crippen molar-refractivity contribution in [3.63, 3.8) is 0 Å². The quantitative estimate of drug-likeness (QED) is 0.840. The summed E-state index contributed by atoms with van der Waals surface area (Å²) in [6.45, 7) is 2.18. The second-order valence-electron chi connectivity index (χ2n) is 5.02. The summed E-state index contributed by atoms with van der Waals surface area (Å²) < 4.78 is 64.1. The molecule has 2 nitrogen and oxygen atoms in total. The molecule has 126 valence electrons. The van der Waals surface area contributed by atoms with Crippen molar-refractivity contribution in [2.45, 2.75) is 18.6 Å². The van der Waals surface area contributed by atoms with E-state index in [0.29, 0.717) is 18.7 Å². The van der Waals surface area contributed by atoms with Gasteiger partial charge in [0.2, 0.25) is 0 Å². The summed E-state index contributed by atoms with van der Waals surface area (Å²) in [5.74, 6) is -1.31. The maximum absolute atomic E-state index is 13.7. The Morgan fingerprint density at radius 3 is 2.32 bits per heavy atom. The summed E-state index contributed by atoms with van der Waals surface area (Å²) in [7, 11) is 0. The van der Waals surface area contributed by atoms with Crippen LogP contribution in [0.2, 0.25) is 0 Å². The average molecular weight is 345 g/mol. The van der Waals surface area contributed by atoms with Crippen molar-refractivity contribution in [1.29, 1.82) is 0 Å². The number of hydrogen-bond donors (Lipinski definition) is 1. The molecule has 1 atom stereocenters. The van der Waals surface area contributed by atoms with Crippen molar-refractivity contribution in [2.75, 3.05) is 32.9 Å². The lowest BCUT2D eigenvalue weighted by Crippen LogP contribution is -2.45. The standard InChI is InChI=1S/C14H17F5N2.ClH/c15-4-3-13(21-7-5-20-6-8-21)10-1-2-11(12(16)9-10)14(17,18)19;/h1-2,9,13,20H,3-8H2;1H/t13-;/m0./s1. The molecule has 0 aromatic heterocycles. The van der Waals surface area contributed by atoms with Gasteiger partial charge in [-0.3, -0.25) is 9.29 Å². The minimum absolute atomic E-state index is 0. The van der Waals surface area contributed by atoms with Crippen molar-refractivity contribution in [1.82, 2.24) is 10.2 Å². The maximum atomic E-state index is 13.7. The van der Waals surface area contributed by atoms with E-state index < -0.39 is 30.3 Å². The van der Waals surface area contributed by atoms with Gasteiger partial charge < -0.3 is 5.32 Å². The van der Waals surface area contributed by atoms with Crippen molar-refractivity contribution in [3.05, 3.63) is 35.1 Å². The third-order valence-electron chi connectivity index (χ3n) is 3.66. The van der Waals surface area contributed by atoms with E-state index in [1.165, 1.54) is 6.07 Å². The Balaban J connectivity index is 0.00000242. The molecule has 1 aromatic carbocycles. The predicted molar refractivity (Wildman–Crippen MR) is 76.4 cm³/mol. The van der Waals surface area contributed by atoms with Crippen LogP contribution in [0.1, 0.15) is 23.6 Å². The molecule has 0 saturated carbocycles. The number of alkyl halides is 4. The number of piperazine rings is 1. The zero-order chi connectivity index (χ0) is 15.5. The predicted octanol–water partition coefficient (Wildman–Crippen LogP) is 3.57. The molecule has 22 heavy (non-hydrogen) atoms. The number of nitrogens with one attached hydrogen (secondary N) is 1. The molecule has 1 fully saturated rings. The summed E-state index contributed by atoms with van der Waals surface area (Å²) in [5.41, 5.74) is -0.898. The van der Waals surface area contributed by atoms with E-state index in [1.807, 2.05) is 4.90 Å². The van der Waals surface area contributed by atoms with Crippen molar-refractivity contribution >= 4 is 12.4 Å². The van der Waals surface area contributed by atoms with Gasteiger partial charge in [0.25, 0.3) is 0 Å². The molecule has 0 spiro atoms. The van der Waals surface area contributed by atoms with Crippen molar-refractivity contribution < 1.29 is 22.0 Å². The first-order valence-electron chi connectivity index (χ1n) is 6.81. The number of benzene rings is 1. The topological polar surface area (TPSA) is 15.3 Å². The Hall–Kier alpha value is -0.920. The van der Waals surface area contributed by atoms with Gasteiger partial charge in [-0.05, 0) is 24.1 Å². The van der Waals surface area contributed by atoms with Crippen LogP contribution in [0.3, 0.4) is 0 Å². The normalized spacial score (nSPS) is 17.9. The Kier molecular flexibility index (Phi) is 7.02. The Bertz CT molecular complexity index is 475. The summed E-state index contributed by atoms with van der Waals surface area (Å²) in [4.78, 5) is 1.97. The fourth-order valence-corrected chi connectivity index (χ4v) is 2.63. The van der Waals surface area contributed by atoms with Gasteiger partial charge in [-0.2, -0.15) is 13.2 Å². The molecule has 1 aromatic rings. The second kappa shape index (κ2) is 8.08. The molecular formula is C14H18ClF5N2. The number of hydrogen-bond acceptors (Lipinski definition) is 2. The van der Waals surface area contributed by atoms with Crippen LogP contribution in [0.25, 0.3) is 0 Å². The Labute approximate surface area is 132 Å². The van der Waals surface area contributed by atoms with Gasteiger partial charge in [-0.25, -0.2) is 4.39 Å². The van der Waals surface area contributed by atoms with Crippen LogP contribution in [-0.2, 0) is 6.18 Å². The van der Waals surface area contributed by atoms with Gasteiger partial charge in [-0.15, -0.1) is 12.4 Å². The van der Waals surface area contributed by atoms with E-state index in [2.05, 4.69) is 5.32 Å². The van der Waals surface area contributed by atoms with Gasteiger partial charge in [-0.1, -0.05) is 6.07 Å². The SMILES string of the molecule is Cl.FCC[C@@H](c1ccc(C(F)(F)F)c(F)c1)N1CCNCC1. The molecule has 1 saturated heterocycles. The zero-order valence-corrected chi connectivity index (χ0v) is 12.6. The van der Waals surface area contributed by atoms with Crippen LogP contribution >= 0.6 is 12.4 Å². The second-order valence-corrected chi connectivity index (χ2v) is 5.02. The van der Waals surface area contributed by atoms with Crippen LogP contribution in [0.4, 0.5) is 22.0 Å². The number of halogens is 6. The highest BCUT2D eigenvalue weighted by molar-refractivity contribution is 5.85. The third kappa shape index (κ3) is 4.54. The molecule has 0 radical (unpaired) electrons. The summed E-state index contributed by atoms with van der Waals surface area (Å²) >= 11 is 0. The fourth-order valence-electron chi connectivity index (χ4n) is 2.63. The lowest BCUT2D eigenvalue weighted by Gasteiger charge is -2.35. The highest BCUT2D eigenvalue weighted by Gasteiger charge is 2.34. The van der Waals surface area contributed by atoms with Crippen LogP contribution in [0, 0.1) is 5.82 Å². The maximum Gasteiger partial charge on any atom is 0.419 e. The van der Waals surface area contributed by atoms with Crippen molar-refractivity contribution in [3.8, 4) is 0 Å². The van der Waals surface area contributed by atoms with E-state index in [9.17, 15) is 22.0 Å². The monoisotopic (exact) mass is 344 g/mol. The van der Waals surface area contributed by atoms with E-state index in [0.717, 1.165) is 25.2 Å². The molecule has 2 rings (SSSR count). The smallest absolute Gasteiger partial charge is 0.314 e. The first-order valence-corrected chi connectivity index (χ1v) is 6.81. The molecule has 1 heterocycles. The van der Waals surface area contributed by atoms with E-state index in [4.69, 9.17) is 0 Å². The van der Waals surface area contributed by atoms with Crippen LogP contribution in [0.5, 0.6) is 0 Å². The first-order chi connectivity index (χ1) is 9.93. The molecule has 1 aliphatic rings. The highest BCUT2D eigenvalue weighted by atomic mass is 35.5. The minimum Gasteiger partial charge on any atom is -0.314 e. The molecule has 8 heteroatoms. The van der Waals surface area contributed by atoms with E-state index in [-0.39, 0.29) is 18.8 Å². The lowest BCUT2D eigenvalue weighted by molar-refractivity contribution is -0.140. The Morgan fingerprint density at radius 1 is 1.18 bits per heavy atom. The van der Waals surface area contributed by atoms with E-state index >= 15 is 0 Å². The molecular weight excluding hydrogens is 327 g/mol. The van der Waals surface area contributed by atoms with Gasteiger partial charge in [0.1, 0.15) is 5.82 Å². The molecule has 0 bridgehead atoms. The van der Waals surface area contributed by atoms with Crippen LogP contribution in [-0.4, -0.2) is 37.8 Å². The van der Waals surface area contributed by atoms with Crippen LogP contribution < -0.4 is 5.32 Å². The zero-order valence-electron chi connectivity index (χ0n) is 11.8. The van der Waals surface area contributed by atoms with E-state index in [1.54, 1.807) is 0 Å². The number of nitrogens with zero attached hydrogens (tertiary/aromatic N) is 1. The van der Waals surface area contributed by atoms with Gasteiger partial charge in [0.05, 0.1) is 12.2 Å². The minimum atomic E-state index is -4.72. The molecule has 0 amide bonds. The summed E-state index contributed by atoms with van der Waals surface area (Å²) in [6.07, 6.45) is -4.57. The Morgan fingerprint density at radius 2 is 1.82 bits per heavy atom. The van der Waals surface area contributed by atoms with Crippen LogP contribution in [0.15, 0.2) is 18.2 Å². The number of rotatable bonds is 4.